The second kappa shape index (κ2) is 11.7. The molecule has 0 radical (unpaired) electrons. The topological polar surface area (TPSA) is 133 Å². The summed E-state index contributed by atoms with van der Waals surface area (Å²) in [5.74, 6) is -7.10. The number of nitrogens with one attached hydrogen (secondary N) is 1. The van der Waals surface area contributed by atoms with Gasteiger partial charge in [0.15, 0.2) is 23.1 Å². The van der Waals surface area contributed by atoms with E-state index in [1.165, 1.54) is 6.92 Å². The van der Waals surface area contributed by atoms with Gasteiger partial charge < -0.3 is 20.1 Å². The van der Waals surface area contributed by atoms with Crippen molar-refractivity contribution in [3.8, 4) is 11.5 Å². The van der Waals surface area contributed by atoms with Crippen LogP contribution in [-0.4, -0.2) is 80.3 Å². The van der Waals surface area contributed by atoms with Crippen molar-refractivity contribution in [1.82, 2.24) is 10.2 Å². The SMILES string of the molecule is COc1ccc(CNCc2cc(N(C)C)c3c(c2O)C(=O)C2C(=O)C4C(=O)C(C(C)=O)C(=O)C(N(C)C)C4CC2C3)cc1. The molecule has 3 aliphatic rings. The summed E-state index contributed by atoms with van der Waals surface area (Å²) >= 11 is 0. The van der Waals surface area contributed by atoms with Gasteiger partial charge in [-0.25, -0.2) is 0 Å². The molecule has 0 amide bonds. The van der Waals surface area contributed by atoms with Crippen LogP contribution in [0.4, 0.5) is 5.69 Å². The summed E-state index contributed by atoms with van der Waals surface area (Å²) in [5.41, 5.74) is 3.09. The summed E-state index contributed by atoms with van der Waals surface area (Å²) in [6.45, 7) is 1.98. The summed E-state index contributed by atoms with van der Waals surface area (Å²) < 4.78 is 5.21. The Morgan fingerprint density at radius 2 is 1.65 bits per heavy atom. The summed E-state index contributed by atoms with van der Waals surface area (Å²) in [7, 11) is 8.74. The number of ether oxygens (including phenoxy) is 1. The molecule has 43 heavy (non-hydrogen) atoms. The van der Waals surface area contributed by atoms with Gasteiger partial charge in [-0.15, -0.1) is 0 Å². The van der Waals surface area contributed by atoms with Gasteiger partial charge in [0.25, 0.3) is 0 Å². The van der Waals surface area contributed by atoms with Crippen LogP contribution < -0.4 is 15.0 Å². The minimum Gasteiger partial charge on any atom is -0.507 e. The van der Waals surface area contributed by atoms with Gasteiger partial charge in [0.2, 0.25) is 0 Å². The Morgan fingerprint density at radius 1 is 0.977 bits per heavy atom. The van der Waals surface area contributed by atoms with Crippen LogP contribution in [0.25, 0.3) is 0 Å². The van der Waals surface area contributed by atoms with Crippen LogP contribution in [0.2, 0.25) is 0 Å². The number of hydrogen-bond acceptors (Lipinski definition) is 10. The van der Waals surface area contributed by atoms with Gasteiger partial charge in [-0.05, 0) is 75.0 Å². The Hall–Kier alpha value is -3.89. The number of hydrogen-bond donors (Lipinski definition) is 2. The zero-order valence-corrected chi connectivity index (χ0v) is 25.5. The smallest absolute Gasteiger partial charge is 0.177 e. The Balaban J connectivity index is 1.49. The lowest BCUT2D eigenvalue weighted by Gasteiger charge is -2.49. The van der Waals surface area contributed by atoms with Crippen molar-refractivity contribution in [1.29, 1.82) is 0 Å². The van der Waals surface area contributed by atoms with E-state index < -0.39 is 64.5 Å². The molecule has 2 aromatic carbocycles. The Kier molecular flexibility index (Phi) is 8.28. The van der Waals surface area contributed by atoms with Crippen LogP contribution >= 0.6 is 0 Å². The van der Waals surface area contributed by atoms with Gasteiger partial charge in [0.1, 0.15) is 23.2 Å². The van der Waals surface area contributed by atoms with Crippen LogP contribution in [0.5, 0.6) is 11.5 Å². The fourth-order valence-corrected chi connectivity index (χ4v) is 7.47. The third-order valence-electron chi connectivity index (χ3n) is 9.37. The van der Waals surface area contributed by atoms with Gasteiger partial charge in [-0.1, -0.05) is 12.1 Å². The number of anilines is 1. The molecule has 2 N–H and O–H groups in total. The standard InChI is InChI=1S/C33H39N3O7/c1-16(37)24-30(39)27-22(28(33(24)42)36(4)5)12-18-11-21-23(35(2)3)13-19(29(38)26(21)31(40)25(18)32(27)41)15-34-14-17-7-9-20(43-6)10-8-17/h7-10,13,18,22,24-25,27-28,34,38H,11-12,14-15H2,1-6H3. The van der Waals surface area contributed by atoms with Crippen LogP contribution in [0.3, 0.4) is 0 Å². The fourth-order valence-electron chi connectivity index (χ4n) is 7.47. The lowest BCUT2D eigenvalue weighted by atomic mass is 9.54. The van der Waals surface area contributed by atoms with E-state index in [1.54, 1.807) is 26.1 Å². The number of fused-ring (bicyclic) bond motifs is 3. The molecule has 228 valence electrons. The highest BCUT2D eigenvalue weighted by Crippen LogP contribution is 2.50. The number of rotatable bonds is 8. The van der Waals surface area contributed by atoms with E-state index in [2.05, 4.69) is 5.32 Å². The first kappa shape index (κ1) is 30.6. The number of carbonyl (C=O) groups excluding carboxylic acids is 5. The van der Waals surface area contributed by atoms with E-state index in [4.69, 9.17) is 4.74 Å². The first-order valence-electron chi connectivity index (χ1n) is 14.6. The van der Waals surface area contributed by atoms with E-state index in [-0.39, 0.29) is 17.9 Å². The van der Waals surface area contributed by atoms with Crippen molar-refractivity contribution in [2.24, 2.45) is 29.6 Å². The average Bonchev–Trinajstić information content (AvgIpc) is 2.93. The second-order valence-corrected chi connectivity index (χ2v) is 12.4. The summed E-state index contributed by atoms with van der Waals surface area (Å²) in [4.78, 5) is 71.0. The van der Waals surface area contributed by atoms with Gasteiger partial charge in [0.05, 0.1) is 30.6 Å². The lowest BCUT2D eigenvalue weighted by molar-refractivity contribution is -0.157. The van der Waals surface area contributed by atoms with E-state index in [1.807, 2.05) is 49.3 Å². The molecule has 0 spiro atoms. The largest absolute Gasteiger partial charge is 0.507 e. The van der Waals surface area contributed by atoms with Crippen molar-refractivity contribution in [2.75, 3.05) is 40.2 Å². The molecule has 0 saturated heterocycles. The predicted octanol–water partition coefficient (Wildman–Crippen LogP) is 2.22. The number of benzene rings is 2. The molecule has 2 saturated carbocycles. The number of likely N-dealkylation sites (N-methyl/N-ethyl adjacent to an activating group) is 1. The first-order valence-corrected chi connectivity index (χ1v) is 14.6. The molecule has 0 heterocycles. The number of phenolic OH excluding ortho intramolecular Hbond substituents is 1. The maximum absolute atomic E-state index is 14.2. The van der Waals surface area contributed by atoms with Crippen molar-refractivity contribution in [3.05, 3.63) is 52.6 Å². The maximum atomic E-state index is 14.2. The molecule has 6 atom stereocenters. The number of ketones is 5. The zero-order valence-electron chi connectivity index (χ0n) is 25.5. The van der Waals surface area contributed by atoms with E-state index in [9.17, 15) is 29.1 Å². The second-order valence-electron chi connectivity index (χ2n) is 12.4. The molecule has 0 aromatic heterocycles. The highest BCUT2D eigenvalue weighted by atomic mass is 16.5. The Bertz CT molecular complexity index is 1500. The molecule has 0 aliphatic heterocycles. The molecule has 10 nitrogen and oxygen atoms in total. The monoisotopic (exact) mass is 589 g/mol. The van der Waals surface area contributed by atoms with Crippen molar-refractivity contribution in [2.45, 2.75) is 38.9 Å². The molecular formula is C33H39N3O7. The minimum atomic E-state index is -1.50. The van der Waals surface area contributed by atoms with Crippen LogP contribution in [0.1, 0.15) is 40.4 Å². The third-order valence-corrected chi connectivity index (χ3v) is 9.37. The molecule has 10 heteroatoms. The zero-order chi connectivity index (χ0) is 31.3. The lowest BCUT2D eigenvalue weighted by Crippen LogP contribution is -2.63. The number of Topliss-reactive ketones (excluding diaryl/α,β-unsaturated/α-hetero) is 5. The van der Waals surface area contributed by atoms with Gasteiger partial charge in [-0.3, -0.25) is 28.9 Å². The molecule has 2 aromatic rings. The number of nitrogens with zero attached hydrogens (tertiary/aromatic N) is 2. The van der Waals surface area contributed by atoms with Crippen molar-refractivity contribution >= 4 is 34.6 Å². The molecule has 3 aliphatic carbocycles. The quantitative estimate of drug-likeness (QED) is 0.442. The number of carbonyl (C=O) groups is 5. The molecule has 5 rings (SSSR count). The predicted molar refractivity (Wildman–Crippen MR) is 159 cm³/mol. The van der Waals surface area contributed by atoms with Gasteiger partial charge in [-0.2, -0.15) is 0 Å². The molecule has 2 fully saturated rings. The molecular weight excluding hydrogens is 550 g/mol. The number of aromatic hydroxyl groups is 1. The maximum Gasteiger partial charge on any atom is 0.177 e. The summed E-state index contributed by atoms with van der Waals surface area (Å²) in [6.07, 6.45) is 0.663. The average molecular weight is 590 g/mol. The van der Waals surface area contributed by atoms with Crippen LogP contribution in [0, 0.1) is 29.6 Å². The first-order chi connectivity index (χ1) is 20.4. The van der Waals surface area contributed by atoms with E-state index in [0.29, 0.717) is 30.5 Å². The third kappa shape index (κ3) is 5.16. The van der Waals surface area contributed by atoms with E-state index in [0.717, 1.165) is 17.0 Å². The van der Waals surface area contributed by atoms with Gasteiger partial charge in [0, 0.05) is 38.4 Å². The highest BCUT2D eigenvalue weighted by molar-refractivity contribution is 6.29. The molecule has 0 bridgehead atoms. The molecule has 6 unspecified atom stereocenters. The normalized spacial score (nSPS) is 26.6. The Morgan fingerprint density at radius 3 is 2.23 bits per heavy atom. The number of methoxy groups -OCH3 is 1. The highest BCUT2D eigenvalue weighted by Gasteiger charge is 2.61. The Labute approximate surface area is 251 Å². The summed E-state index contributed by atoms with van der Waals surface area (Å²) in [6, 6.07) is 8.69. The van der Waals surface area contributed by atoms with Crippen molar-refractivity contribution in [3.63, 3.8) is 0 Å². The van der Waals surface area contributed by atoms with Crippen LogP contribution in [-0.2, 0) is 38.7 Å². The van der Waals surface area contributed by atoms with Gasteiger partial charge >= 0.3 is 0 Å². The minimum absolute atomic E-state index is 0.118. The van der Waals surface area contributed by atoms with Crippen molar-refractivity contribution < 1.29 is 33.8 Å². The number of phenols is 1. The van der Waals surface area contributed by atoms with E-state index >= 15 is 0 Å². The van der Waals surface area contributed by atoms with Crippen LogP contribution in [0.15, 0.2) is 30.3 Å². The summed E-state index contributed by atoms with van der Waals surface area (Å²) in [5, 5.41) is 14.7. The fraction of sp³-hybridized carbons (Fsp3) is 0.485.